The molecule has 14 heavy (non-hydrogen) atoms. The Morgan fingerprint density at radius 2 is 2.07 bits per heavy atom. The lowest BCUT2D eigenvalue weighted by Crippen LogP contribution is -2.54. The summed E-state index contributed by atoms with van der Waals surface area (Å²) in [6, 6.07) is 0. The summed E-state index contributed by atoms with van der Waals surface area (Å²) in [5.74, 6) is 2.66. The van der Waals surface area contributed by atoms with E-state index in [9.17, 15) is 0 Å². The molecule has 2 aliphatic heterocycles. The average molecular weight is 214 g/mol. The first-order valence-electron chi connectivity index (χ1n) is 5.84. The van der Waals surface area contributed by atoms with E-state index >= 15 is 0 Å². The zero-order valence-electron chi connectivity index (χ0n) is 9.22. The van der Waals surface area contributed by atoms with Gasteiger partial charge in [0.2, 0.25) is 0 Å². The molecule has 0 aromatic rings. The molecular formula is C11H22N2S. The van der Waals surface area contributed by atoms with Crippen LogP contribution in [0.1, 0.15) is 26.2 Å². The summed E-state index contributed by atoms with van der Waals surface area (Å²) in [5, 5.41) is 3.69. The lowest BCUT2D eigenvalue weighted by atomic mass is 9.90. The fraction of sp³-hybridized carbons (Fsp3) is 1.00. The zero-order chi connectivity index (χ0) is 9.86. The molecule has 0 saturated carbocycles. The summed E-state index contributed by atoms with van der Waals surface area (Å²) in [5.41, 5.74) is 0.403. The molecule has 1 unspecified atom stereocenters. The molecule has 0 spiro atoms. The standard InChI is InChI=1S/C11H22N2S/c1-11(4-2-3-5-12-11)10-13-6-8-14-9-7-13/h12H,2-10H2,1H3. The largest absolute Gasteiger partial charge is 0.310 e. The first kappa shape index (κ1) is 10.8. The van der Waals surface area contributed by atoms with E-state index in [1.165, 1.54) is 56.9 Å². The Hall–Kier alpha value is 0.270. The third kappa shape index (κ3) is 2.88. The van der Waals surface area contributed by atoms with Crippen molar-refractivity contribution in [2.24, 2.45) is 0 Å². The van der Waals surface area contributed by atoms with Crippen LogP contribution in [0.2, 0.25) is 0 Å². The molecule has 1 atom stereocenters. The minimum absolute atomic E-state index is 0.403. The van der Waals surface area contributed by atoms with Crippen LogP contribution < -0.4 is 5.32 Å². The van der Waals surface area contributed by atoms with Crippen molar-refractivity contribution >= 4 is 11.8 Å². The number of piperidine rings is 1. The Balaban J connectivity index is 1.81. The molecule has 3 heteroatoms. The van der Waals surface area contributed by atoms with Crippen LogP contribution in [0.25, 0.3) is 0 Å². The van der Waals surface area contributed by atoms with E-state index in [2.05, 4.69) is 28.9 Å². The van der Waals surface area contributed by atoms with Crippen LogP contribution in [0.3, 0.4) is 0 Å². The van der Waals surface area contributed by atoms with Crippen molar-refractivity contribution in [2.45, 2.75) is 31.7 Å². The highest BCUT2D eigenvalue weighted by atomic mass is 32.2. The van der Waals surface area contributed by atoms with E-state index in [1.54, 1.807) is 0 Å². The molecule has 2 rings (SSSR count). The molecule has 0 bridgehead atoms. The summed E-state index contributed by atoms with van der Waals surface area (Å²) in [4.78, 5) is 2.63. The van der Waals surface area contributed by atoms with Gasteiger partial charge in [-0.15, -0.1) is 0 Å². The summed E-state index contributed by atoms with van der Waals surface area (Å²) in [7, 11) is 0. The minimum Gasteiger partial charge on any atom is -0.310 e. The normalized spacial score (nSPS) is 35.8. The van der Waals surface area contributed by atoms with E-state index in [1.807, 2.05) is 0 Å². The second-order valence-electron chi connectivity index (χ2n) is 4.83. The van der Waals surface area contributed by atoms with Crippen LogP contribution in [0.15, 0.2) is 0 Å². The molecule has 0 aliphatic carbocycles. The third-order valence-electron chi connectivity index (χ3n) is 3.38. The molecule has 0 aromatic heterocycles. The quantitative estimate of drug-likeness (QED) is 0.751. The van der Waals surface area contributed by atoms with Gasteiger partial charge in [0, 0.05) is 36.7 Å². The van der Waals surface area contributed by atoms with Gasteiger partial charge in [0.05, 0.1) is 0 Å². The number of hydrogen-bond acceptors (Lipinski definition) is 3. The monoisotopic (exact) mass is 214 g/mol. The highest BCUT2D eigenvalue weighted by molar-refractivity contribution is 7.99. The maximum absolute atomic E-state index is 3.69. The van der Waals surface area contributed by atoms with Gasteiger partial charge in [-0.1, -0.05) is 6.42 Å². The Morgan fingerprint density at radius 3 is 2.71 bits per heavy atom. The fourth-order valence-electron chi connectivity index (χ4n) is 2.51. The molecule has 2 nitrogen and oxygen atoms in total. The van der Waals surface area contributed by atoms with Crippen molar-refractivity contribution in [1.29, 1.82) is 0 Å². The number of thioether (sulfide) groups is 1. The van der Waals surface area contributed by atoms with Crippen LogP contribution in [0, 0.1) is 0 Å². The van der Waals surface area contributed by atoms with Gasteiger partial charge >= 0.3 is 0 Å². The second-order valence-corrected chi connectivity index (χ2v) is 6.06. The van der Waals surface area contributed by atoms with Crippen LogP contribution in [0.5, 0.6) is 0 Å². The lowest BCUT2D eigenvalue weighted by molar-refractivity contribution is 0.174. The second kappa shape index (κ2) is 4.86. The maximum atomic E-state index is 3.69. The van der Waals surface area contributed by atoms with E-state index in [4.69, 9.17) is 0 Å². The van der Waals surface area contributed by atoms with E-state index in [-0.39, 0.29) is 0 Å². The Bertz CT molecular complexity index is 172. The van der Waals surface area contributed by atoms with Crippen molar-refractivity contribution in [1.82, 2.24) is 10.2 Å². The molecule has 2 heterocycles. The van der Waals surface area contributed by atoms with Gasteiger partial charge in [-0.25, -0.2) is 0 Å². The number of nitrogens with one attached hydrogen (secondary N) is 1. The first-order chi connectivity index (χ1) is 6.79. The van der Waals surface area contributed by atoms with Crippen LogP contribution in [-0.4, -0.2) is 48.1 Å². The van der Waals surface area contributed by atoms with Crippen LogP contribution >= 0.6 is 11.8 Å². The predicted octanol–water partition coefficient (Wildman–Crippen LogP) is 1.57. The minimum atomic E-state index is 0.403. The Kier molecular flexibility index (Phi) is 3.74. The molecule has 1 N–H and O–H groups in total. The van der Waals surface area contributed by atoms with Gasteiger partial charge in [0.1, 0.15) is 0 Å². The van der Waals surface area contributed by atoms with Gasteiger partial charge in [0.25, 0.3) is 0 Å². The van der Waals surface area contributed by atoms with Crippen molar-refractivity contribution in [2.75, 3.05) is 37.7 Å². The molecule has 82 valence electrons. The van der Waals surface area contributed by atoms with E-state index < -0.39 is 0 Å². The van der Waals surface area contributed by atoms with Crippen LogP contribution in [0.4, 0.5) is 0 Å². The van der Waals surface area contributed by atoms with Gasteiger partial charge in [-0.05, 0) is 26.3 Å². The van der Waals surface area contributed by atoms with Gasteiger partial charge in [-0.3, -0.25) is 4.90 Å². The summed E-state index contributed by atoms with van der Waals surface area (Å²) in [6.45, 7) is 7.46. The van der Waals surface area contributed by atoms with E-state index in [0.717, 1.165) is 0 Å². The lowest BCUT2D eigenvalue weighted by Gasteiger charge is -2.40. The summed E-state index contributed by atoms with van der Waals surface area (Å²) < 4.78 is 0. The Labute approximate surface area is 91.8 Å². The molecule has 2 saturated heterocycles. The van der Waals surface area contributed by atoms with Crippen molar-refractivity contribution < 1.29 is 0 Å². The van der Waals surface area contributed by atoms with Crippen molar-refractivity contribution in [3.8, 4) is 0 Å². The van der Waals surface area contributed by atoms with Crippen molar-refractivity contribution in [3.05, 3.63) is 0 Å². The summed E-state index contributed by atoms with van der Waals surface area (Å²) in [6.07, 6.45) is 4.13. The van der Waals surface area contributed by atoms with Gasteiger partial charge in [0.15, 0.2) is 0 Å². The first-order valence-corrected chi connectivity index (χ1v) is 6.99. The van der Waals surface area contributed by atoms with Crippen molar-refractivity contribution in [3.63, 3.8) is 0 Å². The zero-order valence-corrected chi connectivity index (χ0v) is 10.0. The number of nitrogens with zero attached hydrogens (tertiary/aromatic N) is 1. The smallest absolute Gasteiger partial charge is 0.0280 e. The SMILES string of the molecule is CC1(CN2CCSCC2)CCCCN1. The number of rotatable bonds is 2. The Morgan fingerprint density at radius 1 is 1.29 bits per heavy atom. The average Bonchev–Trinajstić information content (AvgIpc) is 2.19. The topological polar surface area (TPSA) is 15.3 Å². The molecule has 0 radical (unpaired) electrons. The van der Waals surface area contributed by atoms with Crippen LogP contribution in [-0.2, 0) is 0 Å². The van der Waals surface area contributed by atoms with Gasteiger partial charge in [-0.2, -0.15) is 11.8 Å². The summed E-state index contributed by atoms with van der Waals surface area (Å²) >= 11 is 2.10. The highest BCUT2D eigenvalue weighted by Gasteiger charge is 2.28. The molecule has 2 fully saturated rings. The molecular weight excluding hydrogens is 192 g/mol. The fourth-order valence-corrected chi connectivity index (χ4v) is 3.49. The third-order valence-corrected chi connectivity index (χ3v) is 4.33. The van der Waals surface area contributed by atoms with E-state index in [0.29, 0.717) is 5.54 Å². The van der Waals surface area contributed by atoms with Gasteiger partial charge < -0.3 is 5.32 Å². The predicted molar refractivity (Wildman–Crippen MR) is 64.0 cm³/mol. The molecule has 0 amide bonds. The number of hydrogen-bond donors (Lipinski definition) is 1. The molecule has 2 aliphatic rings. The highest BCUT2D eigenvalue weighted by Crippen LogP contribution is 2.21. The molecule has 0 aromatic carbocycles. The maximum Gasteiger partial charge on any atom is 0.0280 e.